The fraction of sp³-hybridized carbons (Fsp3) is 0.115. The SMILES string of the molecule is COC(=O)Oc1c(CNC(=O)c2ccc(Cl)cc2)c(=O)c2ccc(OC)cc2n1-c1ccccc1. The van der Waals surface area contributed by atoms with Gasteiger partial charge in [0.25, 0.3) is 5.91 Å². The molecule has 0 bridgehead atoms. The van der Waals surface area contributed by atoms with E-state index in [0.29, 0.717) is 32.9 Å². The van der Waals surface area contributed by atoms with Crippen LogP contribution in [-0.4, -0.2) is 30.8 Å². The molecule has 0 fully saturated rings. The average Bonchev–Trinajstić information content (AvgIpc) is 2.89. The number of pyridine rings is 1. The maximum Gasteiger partial charge on any atom is 0.514 e. The van der Waals surface area contributed by atoms with Crippen LogP contribution in [0.4, 0.5) is 4.79 Å². The van der Waals surface area contributed by atoms with Crippen molar-refractivity contribution in [2.24, 2.45) is 0 Å². The van der Waals surface area contributed by atoms with E-state index in [0.717, 1.165) is 0 Å². The summed E-state index contributed by atoms with van der Waals surface area (Å²) in [6.45, 7) is -0.207. The molecule has 0 saturated carbocycles. The topological polar surface area (TPSA) is 95.9 Å². The van der Waals surface area contributed by atoms with Crippen LogP contribution in [0.1, 0.15) is 15.9 Å². The summed E-state index contributed by atoms with van der Waals surface area (Å²) in [5.74, 6) is 0.00535. The van der Waals surface area contributed by atoms with Gasteiger partial charge in [-0.15, -0.1) is 0 Å². The predicted octanol–water partition coefficient (Wildman–Crippen LogP) is 4.73. The van der Waals surface area contributed by atoms with Gasteiger partial charge in [0, 0.05) is 27.7 Å². The number of hydrogen-bond acceptors (Lipinski definition) is 6. The maximum absolute atomic E-state index is 13.5. The number of ether oxygens (including phenoxy) is 3. The third-order valence-corrected chi connectivity index (χ3v) is 5.57. The molecule has 0 atom stereocenters. The van der Waals surface area contributed by atoms with Gasteiger partial charge in [0.05, 0.1) is 31.8 Å². The van der Waals surface area contributed by atoms with Gasteiger partial charge in [0.2, 0.25) is 5.88 Å². The Kier molecular flexibility index (Phi) is 7.03. The smallest absolute Gasteiger partial charge is 0.497 e. The fourth-order valence-electron chi connectivity index (χ4n) is 3.61. The molecule has 0 aliphatic carbocycles. The van der Waals surface area contributed by atoms with Gasteiger partial charge in [-0.25, -0.2) is 4.79 Å². The molecule has 8 nitrogen and oxygen atoms in total. The van der Waals surface area contributed by atoms with E-state index < -0.39 is 17.5 Å². The van der Waals surface area contributed by atoms with Crippen LogP contribution >= 0.6 is 11.6 Å². The van der Waals surface area contributed by atoms with Crippen LogP contribution in [0.3, 0.4) is 0 Å². The second-order valence-electron chi connectivity index (χ2n) is 7.41. The standard InChI is InChI=1S/C26H21ClN2O6/c1-33-19-12-13-20-22(14-19)29(18-6-4-3-5-7-18)25(35-26(32)34-2)21(23(20)30)15-28-24(31)16-8-10-17(27)11-9-16/h3-14H,15H2,1-2H3,(H,28,31). The van der Waals surface area contributed by atoms with Gasteiger partial charge < -0.3 is 19.5 Å². The molecule has 0 spiro atoms. The summed E-state index contributed by atoms with van der Waals surface area (Å²) in [6.07, 6.45) is -1.01. The molecule has 1 amide bonds. The molecule has 1 aromatic heterocycles. The van der Waals surface area contributed by atoms with Crippen LogP contribution in [0.5, 0.6) is 11.6 Å². The number of para-hydroxylation sites is 1. The Hall–Kier alpha value is -4.30. The van der Waals surface area contributed by atoms with E-state index in [1.807, 2.05) is 18.2 Å². The molecule has 9 heteroatoms. The molecular formula is C26H21ClN2O6. The first-order valence-electron chi connectivity index (χ1n) is 10.5. The minimum Gasteiger partial charge on any atom is -0.497 e. The summed E-state index contributed by atoms with van der Waals surface area (Å²) in [5.41, 5.74) is 1.09. The number of benzene rings is 3. The monoisotopic (exact) mass is 492 g/mol. The number of aromatic nitrogens is 1. The van der Waals surface area contributed by atoms with Crippen LogP contribution in [0.25, 0.3) is 16.6 Å². The number of fused-ring (bicyclic) bond motifs is 1. The van der Waals surface area contributed by atoms with E-state index in [9.17, 15) is 14.4 Å². The van der Waals surface area contributed by atoms with Crippen molar-refractivity contribution in [2.45, 2.75) is 6.54 Å². The third kappa shape index (κ3) is 4.97. The summed E-state index contributed by atoms with van der Waals surface area (Å²) in [5, 5.41) is 3.56. The molecule has 1 heterocycles. The van der Waals surface area contributed by atoms with Gasteiger partial charge in [-0.05, 0) is 48.5 Å². The summed E-state index contributed by atoms with van der Waals surface area (Å²) < 4.78 is 17.1. The number of carbonyl (C=O) groups excluding carboxylic acids is 2. The van der Waals surface area contributed by atoms with E-state index in [4.69, 9.17) is 25.8 Å². The van der Waals surface area contributed by atoms with Gasteiger partial charge in [-0.3, -0.25) is 14.2 Å². The van der Waals surface area contributed by atoms with E-state index in [-0.39, 0.29) is 18.0 Å². The molecule has 4 aromatic rings. The highest BCUT2D eigenvalue weighted by Gasteiger charge is 2.23. The lowest BCUT2D eigenvalue weighted by Gasteiger charge is -2.20. The van der Waals surface area contributed by atoms with E-state index >= 15 is 0 Å². The lowest BCUT2D eigenvalue weighted by molar-refractivity contribution is 0.0950. The molecule has 0 saturated heterocycles. The van der Waals surface area contributed by atoms with Crippen LogP contribution in [0, 0.1) is 0 Å². The first kappa shape index (κ1) is 23.8. The highest BCUT2D eigenvalue weighted by molar-refractivity contribution is 6.30. The summed E-state index contributed by atoms with van der Waals surface area (Å²) >= 11 is 5.90. The van der Waals surface area contributed by atoms with E-state index in [1.54, 1.807) is 59.2 Å². The third-order valence-electron chi connectivity index (χ3n) is 5.32. The van der Waals surface area contributed by atoms with Gasteiger partial charge in [0.15, 0.2) is 5.43 Å². The van der Waals surface area contributed by atoms with E-state index in [2.05, 4.69) is 5.32 Å². The zero-order valence-corrected chi connectivity index (χ0v) is 19.7. The Labute approximate surface area is 205 Å². The number of nitrogens with one attached hydrogen (secondary N) is 1. The van der Waals surface area contributed by atoms with Crippen LogP contribution < -0.4 is 20.2 Å². The molecule has 1 N–H and O–H groups in total. The second kappa shape index (κ2) is 10.3. The summed E-state index contributed by atoms with van der Waals surface area (Å²) in [6, 6.07) is 20.3. The Bertz CT molecular complexity index is 1450. The Morgan fingerprint density at radius 3 is 2.34 bits per heavy atom. The molecule has 3 aromatic carbocycles. The highest BCUT2D eigenvalue weighted by Crippen LogP contribution is 2.30. The Morgan fingerprint density at radius 1 is 0.971 bits per heavy atom. The first-order chi connectivity index (χ1) is 16.9. The van der Waals surface area contributed by atoms with Gasteiger partial charge in [0.1, 0.15) is 5.75 Å². The lowest BCUT2D eigenvalue weighted by atomic mass is 10.1. The van der Waals surface area contributed by atoms with Crippen LogP contribution in [-0.2, 0) is 11.3 Å². The van der Waals surface area contributed by atoms with Crippen molar-refractivity contribution < 1.29 is 23.8 Å². The van der Waals surface area contributed by atoms with Crippen molar-refractivity contribution in [1.82, 2.24) is 9.88 Å². The Balaban J connectivity index is 1.91. The number of carbonyl (C=O) groups is 2. The zero-order chi connectivity index (χ0) is 24.9. The molecule has 178 valence electrons. The quantitative estimate of drug-likeness (QED) is 0.391. The molecule has 35 heavy (non-hydrogen) atoms. The van der Waals surface area contributed by atoms with Crippen LogP contribution in [0.2, 0.25) is 5.02 Å². The van der Waals surface area contributed by atoms with Gasteiger partial charge in [-0.2, -0.15) is 0 Å². The summed E-state index contributed by atoms with van der Waals surface area (Å²) in [4.78, 5) is 38.5. The maximum atomic E-state index is 13.5. The van der Waals surface area contributed by atoms with Crippen molar-refractivity contribution in [3.05, 3.63) is 99.2 Å². The summed E-state index contributed by atoms with van der Waals surface area (Å²) in [7, 11) is 2.68. The number of amides is 1. The van der Waals surface area contributed by atoms with Crippen molar-refractivity contribution >= 4 is 34.6 Å². The second-order valence-corrected chi connectivity index (χ2v) is 7.85. The molecule has 0 radical (unpaired) electrons. The van der Waals surface area contributed by atoms with Crippen LogP contribution in [0.15, 0.2) is 77.6 Å². The van der Waals surface area contributed by atoms with E-state index in [1.165, 1.54) is 14.2 Å². The number of rotatable bonds is 6. The van der Waals surface area contributed by atoms with Crippen molar-refractivity contribution in [3.8, 4) is 17.3 Å². The van der Waals surface area contributed by atoms with Crippen molar-refractivity contribution in [2.75, 3.05) is 14.2 Å². The molecule has 0 aliphatic heterocycles. The number of hydrogen-bond donors (Lipinski definition) is 1. The minimum absolute atomic E-state index is 0.0687. The Morgan fingerprint density at radius 2 is 1.69 bits per heavy atom. The van der Waals surface area contributed by atoms with Crippen molar-refractivity contribution in [1.29, 1.82) is 0 Å². The molecule has 0 unspecified atom stereocenters. The average molecular weight is 493 g/mol. The number of halogens is 1. The lowest BCUT2D eigenvalue weighted by Crippen LogP contribution is -2.29. The molecule has 0 aliphatic rings. The normalized spacial score (nSPS) is 10.6. The molecular weight excluding hydrogens is 472 g/mol. The fourth-order valence-corrected chi connectivity index (χ4v) is 3.73. The van der Waals surface area contributed by atoms with Gasteiger partial charge >= 0.3 is 6.16 Å². The van der Waals surface area contributed by atoms with Gasteiger partial charge in [-0.1, -0.05) is 29.8 Å². The van der Waals surface area contributed by atoms with Crippen molar-refractivity contribution in [3.63, 3.8) is 0 Å². The largest absolute Gasteiger partial charge is 0.514 e. The molecule has 4 rings (SSSR count). The number of nitrogens with zero attached hydrogens (tertiary/aromatic N) is 1. The highest BCUT2D eigenvalue weighted by atomic mass is 35.5. The zero-order valence-electron chi connectivity index (χ0n) is 18.9. The minimum atomic E-state index is -1.01. The predicted molar refractivity (Wildman–Crippen MR) is 132 cm³/mol. The number of methoxy groups -OCH3 is 2. The first-order valence-corrected chi connectivity index (χ1v) is 10.9.